The lowest BCUT2D eigenvalue weighted by Crippen LogP contribution is -2.40. The number of aryl methyl sites for hydroxylation is 1. The number of aliphatic hydroxyl groups excluding tert-OH is 1. The quantitative estimate of drug-likeness (QED) is 0.809. The highest BCUT2D eigenvalue weighted by Crippen LogP contribution is 2.18. The van der Waals surface area contributed by atoms with E-state index in [0.717, 1.165) is 12.8 Å². The van der Waals surface area contributed by atoms with Gasteiger partial charge in [0, 0.05) is 25.7 Å². The molecule has 23 heavy (non-hydrogen) atoms. The number of nitrogens with one attached hydrogen (secondary N) is 1. The maximum absolute atomic E-state index is 13.6. The van der Waals surface area contributed by atoms with E-state index in [1.807, 2.05) is 6.92 Å². The molecule has 1 aromatic carbocycles. The van der Waals surface area contributed by atoms with Gasteiger partial charge in [-0.25, -0.2) is 4.39 Å². The number of aliphatic hydroxyl groups is 1. The maximum Gasteiger partial charge on any atom is 0.222 e. The van der Waals surface area contributed by atoms with Gasteiger partial charge in [0.2, 0.25) is 5.91 Å². The molecule has 1 aromatic rings. The number of halogens is 1. The van der Waals surface area contributed by atoms with Crippen LogP contribution < -0.4 is 5.32 Å². The van der Waals surface area contributed by atoms with Crippen molar-refractivity contribution >= 4 is 5.91 Å². The van der Waals surface area contributed by atoms with E-state index in [0.29, 0.717) is 31.6 Å². The number of hydrogen-bond acceptors (Lipinski definition) is 3. The normalized spacial score (nSPS) is 18.4. The topological polar surface area (TPSA) is 58.6 Å². The molecular formula is C18H26FNO3. The second kappa shape index (κ2) is 8.99. The van der Waals surface area contributed by atoms with Crippen molar-refractivity contribution in [3.63, 3.8) is 0 Å². The van der Waals surface area contributed by atoms with Gasteiger partial charge in [0.05, 0.1) is 6.10 Å². The molecule has 0 bridgehead atoms. The lowest BCUT2D eigenvalue weighted by molar-refractivity contribution is -0.125. The van der Waals surface area contributed by atoms with E-state index in [2.05, 4.69) is 5.32 Å². The van der Waals surface area contributed by atoms with E-state index < -0.39 is 6.10 Å². The summed E-state index contributed by atoms with van der Waals surface area (Å²) in [6, 6.07) is 6.64. The first-order valence-electron chi connectivity index (χ1n) is 8.35. The lowest BCUT2D eigenvalue weighted by Gasteiger charge is -2.27. The summed E-state index contributed by atoms with van der Waals surface area (Å²) in [4.78, 5) is 12.1. The van der Waals surface area contributed by atoms with Crippen LogP contribution in [0.2, 0.25) is 0 Å². The first-order valence-corrected chi connectivity index (χ1v) is 8.35. The molecule has 0 spiro atoms. The van der Waals surface area contributed by atoms with Crippen LogP contribution in [0.25, 0.3) is 0 Å². The molecule has 2 rings (SSSR count). The summed E-state index contributed by atoms with van der Waals surface area (Å²) >= 11 is 0. The zero-order valence-electron chi connectivity index (χ0n) is 13.6. The van der Waals surface area contributed by atoms with Gasteiger partial charge in [-0.15, -0.1) is 0 Å². The van der Waals surface area contributed by atoms with Crippen LogP contribution >= 0.6 is 0 Å². The number of carbonyl (C=O) groups excluding carboxylic acids is 1. The van der Waals surface area contributed by atoms with Crippen LogP contribution in [0.1, 0.15) is 31.7 Å². The zero-order chi connectivity index (χ0) is 16.7. The molecule has 2 atom stereocenters. The maximum atomic E-state index is 13.6. The van der Waals surface area contributed by atoms with Gasteiger partial charge in [0.15, 0.2) is 0 Å². The van der Waals surface area contributed by atoms with Crippen molar-refractivity contribution in [2.24, 2.45) is 11.8 Å². The highest BCUT2D eigenvalue weighted by Gasteiger charge is 2.23. The molecule has 1 saturated heterocycles. The first-order chi connectivity index (χ1) is 11.1. The van der Waals surface area contributed by atoms with E-state index in [1.165, 1.54) is 6.07 Å². The van der Waals surface area contributed by atoms with E-state index >= 15 is 0 Å². The molecule has 1 aliphatic heterocycles. The van der Waals surface area contributed by atoms with Crippen LogP contribution in [0.5, 0.6) is 0 Å². The Hall–Kier alpha value is -1.46. The van der Waals surface area contributed by atoms with Gasteiger partial charge in [0.25, 0.3) is 0 Å². The smallest absolute Gasteiger partial charge is 0.222 e. The molecular weight excluding hydrogens is 297 g/mol. The highest BCUT2D eigenvalue weighted by molar-refractivity contribution is 5.78. The first kappa shape index (κ1) is 17.9. The summed E-state index contributed by atoms with van der Waals surface area (Å²) < 4.78 is 18.8. The zero-order valence-corrected chi connectivity index (χ0v) is 13.6. The molecule has 2 N–H and O–H groups in total. The fourth-order valence-electron chi connectivity index (χ4n) is 2.85. The summed E-state index contributed by atoms with van der Waals surface area (Å²) in [6.45, 7) is 3.45. The predicted octanol–water partition coefficient (Wildman–Crippen LogP) is 2.30. The van der Waals surface area contributed by atoms with Crippen LogP contribution in [0, 0.1) is 17.7 Å². The molecule has 2 unspecified atom stereocenters. The van der Waals surface area contributed by atoms with Crippen LogP contribution in [-0.4, -0.2) is 36.9 Å². The third kappa shape index (κ3) is 5.59. The summed E-state index contributed by atoms with van der Waals surface area (Å²) in [7, 11) is 0. The average molecular weight is 323 g/mol. The van der Waals surface area contributed by atoms with Crippen LogP contribution in [0.15, 0.2) is 24.3 Å². The van der Waals surface area contributed by atoms with E-state index in [4.69, 9.17) is 4.74 Å². The SMILES string of the molecule is CC(CCc1ccccc1F)C(=O)NCC(O)C1CCOCC1. The van der Waals surface area contributed by atoms with Crippen molar-refractivity contribution < 1.29 is 19.0 Å². The summed E-state index contributed by atoms with van der Waals surface area (Å²) in [5, 5.41) is 12.9. The molecule has 128 valence electrons. The molecule has 0 aliphatic carbocycles. The van der Waals surface area contributed by atoms with Crippen LogP contribution in [0.4, 0.5) is 4.39 Å². The van der Waals surface area contributed by atoms with Crippen molar-refractivity contribution in [3.05, 3.63) is 35.6 Å². The summed E-state index contributed by atoms with van der Waals surface area (Å²) in [5.74, 6) is -0.336. The number of amides is 1. The van der Waals surface area contributed by atoms with Gasteiger partial charge in [-0.05, 0) is 43.2 Å². The minimum atomic E-state index is -0.526. The Morgan fingerprint density at radius 1 is 1.39 bits per heavy atom. The molecule has 5 heteroatoms. The standard InChI is InChI=1S/C18H26FNO3/c1-13(6-7-14-4-2-3-5-16(14)19)18(22)20-12-17(21)15-8-10-23-11-9-15/h2-5,13,15,17,21H,6-12H2,1H3,(H,20,22). The molecule has 1 aliphatic rings. The van der Waals surface area contributed by atoms with Crippen LogP contribution in [0.3, 0.4) is 0 Å². The Labute approximate surface area is 137 Å². The van der Waals surface area contributed by atoms with E-state index in [1.54, 1.807) is 18.2 Å². The van der Waals surface area contributed by atoms with Gasteiger partial charge in [-0.2, -0.15) is 0 Å². The number of hydrogen-bond donors (Lipinski definition) is 2. The molecule has 0 aromatic heterocycles. The second-order valence-electron chi connectivity index (χ2n) is 6.29. The van der Waals surface area contributed by atoms with E-state index in [-0.39, 0.29) is 30.1 Å². The Morgan fingerprint density at radius 2 is 2.09 bits per heavy atom. The van der Waals surface area contributed by atoms with Gasteiger partial charge in [-0.3, -0.25) is 4.79 Å². The van der Waals surface area contributed by atoms with Gasteiger partial charge >= 0.3 is 0 Å². The Bertz CT molecular complexity index is 503. The number of carbonyl (C=O) groups is 1. The Morgan fingerprint density at radius 3 is 2.78 bits per heavy atom. The van der Waals surface area contributed by atoms with Gasteiger partial charge in [-0.1, -0.05) is 25.1 Å². The largest absolute Gasteiger partial charge is 0.391 e. The molecule has 0 saturated carbocycles. The van der Waals surface area contributed by atoms with Gasteiger partial charge < -0.3 is 15.2 Å². The summed E-state index contributed by atoms with van der Waals surface area (Å²) in [6.07, 6.45) is 2.26. The average Bonchev–Trinajstić information content (AvgIpc) is 2.59. The highest BCUT2D eigenvalue weighted by atomic mass is 19.1. The Kier molecular flexibility index (Phi) is 6.99. The number of benzene rings is 1. The summed E-state index contributed by atoms with van der Waals surface area (Å²) in [5.41, 5.74) is 0.634. The van der Waals surface area contributed by atoms with Crippen molar-refractivity contribution in [1.82, 2.24) is 5.32 Å². The molecule has 0 radical (unpaired) electrons. The second-order valence-corrected chi connectivity index (χ2v) is 6.29. The molecule has 1 heterocycles. The van der Waals surface area contributed by atoms with Crippen LogP contribution in [-0.2, 0) is 16.0 Å². The fourth-order valence-corrected chi connectivity index (χ4v) is 2.85. The third-order valence-corrected chi connectivity index (χ3v) is 4.55. The van der Waals surface area contributed by atoms with Crippen molar-refractivity contribution in [3.8, 4) is 0 Å². The molecule has 4 nitrogen and oxygen atoms in total. The lowest BCUT2D eigenvalue weighted by atomic mass is 9.93. The fraction of sp³-hybridized carbons (Fsp3) is 0.611. The minimum Gasteiger partial charge on any atom is -0.391 e. The number of ether oxygens (including phenoxy) is 1. The minimum absolute atomic E-state index is 0.0903. The molecule has 1 fully saturated rings. The van der Waals surface area contributed by atoms with Crippen molar-refractivity contribution in [2.75, 3.05) is 19.8 Å². The van der Waals surface area contributed by atoms with Gasteiger partial charge in [0.1, 0.15) is 5.82 Å². The van der Waals surface area contributed by atoms with Crippen molar-refractivity contribution in [1.29, 1.82) is 0 Å². The van der Waals surface area contributed by atoms with E-state index in [9.17, 15) is 14.3 Å². The molecule has 1 amide bonds. The number of rotatable bonds is 7. The Balaban J connectivity index is 1.71. The monoisotopic (exact) mass is 323 g/mol. The predicted molar refractivity (Wildman–Crippen MR) is 86.4 cm³/mol. The van der Waals surface area contributed by atoms with Crippen molar-refractivity contribution in [2.45, 2.75) is 38.7 Å². The third-order valence-electron chi connectivity index (χ3n) is 4.55.